The Morgan fingerprint density at radius 3 is 2.80 bits per heavy atom. The molecule has 2 heterocycles. The largest absolute Gasteiger partial charge is 0.382 e. The second-order valence-corrected chi connectivity index (χ2v) is 3.75. The number of aromatic nitrogens is 4. The molecule has 0 amide bonds. The highest BCUT2D eigenvalue weighted by atomic mass is 15.2. The number of hydrogen-bond donors (Lipinski definition) is 1. The minimum Gasteiger partial charge on any atom is -0.382 e. The molecule has 2 N–H and O–H groups in total. The zero-order valence-corrected chi connectivity index (χ0v) is 8.60. The third-order valence-electron chi connectivity index (χ3n) is 2.32. The van der Waals surface area contributed by atoms with Gasteiger partial charge in [-0.3, -0.25) is 4.57 Å². The van der Waals surface area contributed by atoms with Crippen LogP contribution in [-0.2, 0) is 5.54 Å². The van der Waals surface area contributed by atoms with E-state index >= 15 is 0 Å². The average Bonchev–Trinajstić information content (AvgIpc) is 2.63. The predicted molar refractivity (Wildman–Crippen MR) is 57.9 cm³/mol. The molecule has 76 valence electrons. The number of fused-ring (bicyclic) bond motifs is 1. The molecule has 0 atom stereocenters. The lowest BCUT2D eigenvalue weighted by atomic mass is 10.1. The van der Waals surface area contributed by atoms with Crippen molar-refractivity contribution in [3.63, 3.8) is 0 Å². The number of hydrogen-bond acceptors (Lipinski definition) is 4. The van der Waals surface area contributed by atoms with Gasteiger partial charge in [-0.25, -0.2) is 15.0 Å². The van der Waals surface area contributed by atoms with Crippen molar-refractivity contribution in [2.24, 2.45) is 0 Å². The van der Waals surface area contributed by atoms with Crippen LogP contribution in [0.5, 0.6) is 0 Å². The van der Waals surface area contributed by atoms with Crippen LogP contribution in [0.3, 0.4) is 0 Å². The Morgan fingerprint density at radius 1 is 1.40 bits per heavy atom. The summed E-state index contributed by atoms with van der Waals surface area (Å²) in [7, 11) is 0. The van der Waals surface area contributed by atoms with Gasteiger partial charge in [0.05, 0.1) is 6.33 Å². The van der Waals surface area contributed by atoms with Gasteiger partial charge in [0.15, 0.2) is 11.5 Å². The summed E-state index contributed by atoms with van der Waals surface area (Å²) in [6.45, 7) is 3.82. The molecule has 0 aliphatic rings. The van der Waals surface area contributed by atoms with E-state index in [0.717, 1.165) is 0 Å². The molecule has 2 rings (SSSR count). The van der Waals surface area contributed by atoms with Crippen molar-refractivity contribution >= 4 is 17.0 Å². The van der Waals surface area contributed by atoms with Crippen molar-refractivity contribution < 1.29 is 0 Å². The molecule has 0 bridgehead atoms. The molecular weight excluding hydrogens is 190 g/mol. The summed E-state index contributed by atoms with van der Waals surface area (Å²) in [6.07, 6.45) is 8.49. The zero-order chi connectivity index (χ0) is 11.1. The molecule has 15 heavy (non-hydrogen) atoms. The first-order chi connectivity index (χ1) is 7.06. The van der Waals surface area contributed by atoms with Crippen molar-refractivity contribution in [1.82, 2.24) is 19.5 Å². The van der Waals surface area contributed by atoms with Gasteiger partial charge < -0.3 is 5.73 Å². The molecule has 0 saturated carbocycles. The van der Waals surface area contributed by atoms with Crippen molar-refractivity contribution in [1.29, 1.82) is 0 Å². The Bertz CT molecular complexity index is 546. The van der Waals surface area contributed by atoms with Crippen molar-refractivity contribution in [2.75, 3.05) is 5.73 Å². The van der Waals surface area contributed by atoms with Gasteiger partial charge in [-0.05, 0) is 13.8 Å². The lowest BCUT2D eigenvalue weighted by molar-refractivity contribution is 0.485. The Morgan fingerprint density at radius 2 is 2.13 bits per heavy atom. The lowest BCUT2D eigenvalue weighted by Gasteiger charge is -2.19. The van der Waals surface area contributed by atoms with Gasteiger partial charge in [-0.15, -0.1) is 6.42 Å². The van der Waals surface area contributed by atoms with Crippen LogP contribution in [-0.4, -0.2) is 19.5 Å². The fourth-order valence-corrected chi connectivity index (χ4v) is 1.33. The summed E-state index contributed by atoms with van der Waals surface area (Å²) in [5, 5.41) is 0. The Labute approximate surface area is 87.4 Å². The summed E-state index contributed by atoms with van der Waals surface area (Å²) in [5.74, 6) is 3.04. The number of nitrogen functional groups attached to an aromatic ring is 1. The van der Waals surface area contributed by atoms with Gasteiger partial charge in [-0.2, -0.15) is 0 Å². The Hall–Kier alpha value is -2.09. The average molecular weight is 201 g/mol. The summed E-state index contributed by atoms with van der Waals surface area (Å²) in [4.78, 5) is 12.1. The number of nitrogens with zero attached hydrogens (tertiary/aromatic N) is 4. The maximum Gasteiger partial charge on any atom is 0.166 e. The van der Waals surface area contributed by atoms with E-state index in [9.17, 15) is 0 Å². The molecule has 5 nitrogen and oxygen atoms in total. The summed E-state index contributed by atoms with van der Waals surface area (Å²) in [5.41, 5.74) is 6.44. The zero-order valence-electron chi connectivity index (χ0n) is 8.60. The van der Waals surface area contributed by atoms with Crippen LogP contribution in [0.4, 0.5) is 5.82 Å². The van der Waals surface area contributed by atoms with Crippen LogP contribution >= 0.6 is 0 Å². The van der Waals surface area contributed by atoms with Crippen LogP contribution < -0.4 is 5.73 Å². The third-order valence-corrected chi connectivity index (χ3v) is 2.32. The maximum absolute atomic E-state index is 5.68. The fraction of sp³-hybridized carbons (Fsp3) is 0.300. The highest BCUT2D eigenvalue weighted by Crippen LogP contribution is 2.21. The first-order valence-corrected chi connectivity index (χ1v) is 4.48. The SMILES string of the molecule is C#CC(C)(C)n1cnc2c(N)ncnc21. The Kier molecular flexibility index (Phi) is 1.86. The normalized spacial score (nSPS) is 11.5. The van der Waals surface area contributed by atoms with E-state index < -0.39 is 5.54 Å². The van der Waals surface area contributed by atoms with Gasteiger partial charge in [0.1, 0.15) is 17.4 Å². The number of terminal acetylenes is 1. The number of rotatable bonds is 1. The van der Waals surface area contributed by atoms with Crippen LogP contribution in [0.15, 0.2) is 12.7 Å². The van der Waals surface area contributed by atoms with E-state index in [4.69, 9.17) is 12.2 Å². The second-order valence-electron chi connectivity index (χ2n) is 3.75. The molecule has 0 fully saturated rings. The quantitative estimate of drug-likeness (QED) is 0.692. The van der Waals surface area contributed by atoms with Gasteiger partial charge >= 0.3 is 0 Å². The van der Waals surface area contributed by atoms with Gasteiger partial charge in [0, 0.05) is 0 Å². The van der Waals surface area contributed by atoms with Gasteiger partial charge in [-0.1, -0.05) is 5.92 Å². The number of nitrogens with two attached hydrogens (primary N) is 1. The third kappa shape index (κ3) is 1.31. The first kappa shape index (κ1) is 9.46. The van der Waals surface area contributed by atoms with Crippen LogP contribution in [0.1, 0.15) is 13.8 Å². The standard InChI is InChI=1S/C10H11N5/c1-4-10(2,3)15-6-14-7-8(11)12-5-13-9(7)15/h1,5-6H,2-3H3,(H2,11,12,13). The highest BCUT2D eigenvalue weighted by Gasteiger charge is 2.20. The van der Waals surface area contributed by atoms with Crippen LogP contribution in [0, 0.1) is 12.3 Å². The molecule has 0 aliphatic carbocycles. The van der Waals surface area contributed by atoms with Crippen molar-refractivity contribution in [2.45, 2.75) is 19.4 Å². The van der Waals surface area contributed by atoms with Gasteiger partial charge in [0.25, 0.3) is 0 Å². The smallest absolute Gasteiger partial charge is 0.166 e. The van der Waals surface area contributed by atoms with Crippen LogP contribution in [0.25, 0.3) is 11.2 Å². The molecule has 0 aromatic carbocycles. The molecule has 0 unspecified atom stereocenters. The Balaban J connectivity index is 2.76. The van der Waals surface area contributed by atoms with Gasteiger partial charge in [0.2, 0.25) is 0 Å². The minimum absolute atomic E-state index is 0.367. The minimum atomic E-state index is -0.477. The lowest BCUT2D eigenvalue weighted by Crippen LogP contribution is -2.23. The second kappa shape index (κ2) is 2.95. The fourth-order valence-electron chi connectivity index (χ4n) is 1.33. The maximum atomic E-state index is 5.68. The molecular formula is C10H11N5. The molecule has 5 heteroatoms. The first-order valence-electron chi connectivity index (χ1n) is 4.48. The molecule has 0 aliphatic heterocycles. The predicted octanol–water partition coefficient (Wildman–Crippen LogP) is 0.777. The van der Waals surface area contributed by atoms with E-state index in [0.29, 0.717) is 17.0 Å². The van der Waals surface area contributed by atoms with Crippen molar-refractivity contribution in [3.05, 3.63) is 12.7 Å². The topological polar surface area (TPSA) is 69.6 Å². The number of imidazole rings is 1. The summed E-state index contributed by atoms with van der Waals surface area (Å²) in [6, 6.07) is 0. The molecule has 2 aromatic heterocycles. The molecule has 2 aromatic rings. The molecule has 0 radical (unpaired) electrons. The number of anilines is 1. The van der Waals surface area contributed by atoms with E-state index in [2.05, 4.69) is 20.9 Å². The van der Waals surface area contributed by atoms with Crippen molar-refractivity contribution in [3.8, 4) is 12.3 Å². The van der Waals surface area contributed by atoms with E-state index in [1.165, 1.54) is 6.33 Å². The highest BCUT2D eigenvalue weighted by molar-refractivity contribution is 5.81. The van der Waals surface area contributed by atoms with E-state index in [1.807, 2.05) is 13.8 Å². The van der Waals surface area contributed by atoms with E-state index in [-0.39, 0.29) is 0 Å². The molecule has 0 spiro atoms. The monoisotopic (exact) mass is 201 g/mol. The summed E-state index contributed by atoms with van der Waals surface area (Å²) >= 11 is 0. The summed E-state index contributed by atoms with van der Waals surface area (Å²) < 4.78 is 1.81. The molecule has 0 saturated heterocycles. The van der Waals surface area contributed by atoms with E-state index in [1.54, 1.807) is 10.9 Å². The van der Waals surface area contributed by atoms with Crippen LogP contribution in [0.2, 0.25) is 0 Å².